The van der Waals surface area contributed by atoms with Crippen LogP contribution in [0.1, 0.15) is 169 Å². The Kier molecular flexibility index (Phi) is 23.5. The molecule has 0 atom stereocenters. The van der Waals surface area contributed by atoms with Crippen LogP contribution in [-0.2, 0) is 0 Å². The summed E-state index contributed by atoms with van der Waals surface area (Å²) in [5.74, 6) is 4.44. The van der Waals surface area contributed by atoms with Crippen LogP contribution in [0.3, 0.4) is 0 Å². The Morgan fingerprint density at radius 1 is 0.383 bits per heavy atom. The molecule has 9 heteroatoms. The Bertz CT molecular complexity index is 1870. The molecule has 4 aromatic rings. The predicted octanol–water partition coefficient (Wildman–Crippen LogP) is 16.0. The van der Waals surface area contributed by atoms with Crippen molar-refractivity contribution in [3.63, 3.8) is 0 Å². The third-order valence-electron chi connectivity index (χ3n) is 11.1. The van der Waals surface area contributed by atoms with Gasteiger partial charge in [-0.3, -0.25) is 0 Å². The zero-order chi connectivity index (χ0) is 42.6. The van der Waals surface area contributed by atoms with E-state index in [2.05, 4.69) is 81.0 Å². The monoisotopic (exact) mass is 828 g/mol. The summed E-state index contributed by atoms with van der Waals surface area (Å²) in [6, 6.07) is 12.9. The first-order valence-electron chi connectivity index (χ1n) is 23.9. The summed E-state index contributed by atoms with van der Waals surface area (Å²) in [5, 5.41) is 9.91. The molecule has 0 heterocycles. The second-order valence-electron chi connectivity index (χ2n) is 16.2. The first kappa shape index (κ1) is 48.4. The van der Waals surface area contributed by atoms with Gasteiger partial charge in [-0.25, -0.2) is 0 Å². The van der Waals surface area contributed by atoms with Crippen LogP contribution in [0.15, 0.2) is 41.5 Å². The van der Waals surface area contributed by atoms with E-state index in [-0.39, 0.29) is 0 Å². The highest BCUT2D eigenvalue weighted by Gasteiger charge is 2.22. The quantitative estimate of drug-likeness (QED) is 0.0150. The molecule has 0 fully saturated rings. The van der Waals surface area contributed by atoms with Gasteiger partial charge < -0.3 is 28.4 Å². The number of ether oxygens (including phenoxy) is 6. The van der Waals surface area contributed by atoms with Crippen LogP contribution in [0.25, 0.3) is 42.8 Å². The number of hydrogen-bond acceptors (Lipinski definition) is 7. The SMILES string of the molecule is CCCCCCOc1cc2c(cc1OCCCCCC)c1ccc(OCCCCCC)c(OCCCN=[N+]=[N-])c1c1cc(OCCCCCC)c(OCCCCCC)cc21. The molecule has 0 aliphatic heterocycles. The molecule has 0 unspecified atom stereocenters. The predicted molar refractivity (Wildman–Crippen MR) is 251 cm³/mol. The van der Waals surface area contributed by atoms with E-state index in [0.29, 0.717) is 64.1 Å². The Labute approximate surface area is 361 Å². The molecule has 0 bridgehead atoms. The van der Waals surface area contributed by atoms with Gasteiger partial charge in [0.05, 0.1) is 39.6 Å². The van der Waals surface area contributed by atoms with Crippen molar-refractivity contribution in [2.24, 2.45) is 5.11 Å². The van der Waals surface area contributed by atoms with Gasteiger partial charge in [-0.15, -0.1) is 0 Å². The lowest BCUT2D eigenvalue weighted by Gasteiger charge is -2.21. The van der Waals surface area contributed by atoms with E-state index in [0.717, 1.165) is 126 Å². The number of rotatable bonds is 35. The Morgan fingerprint density at radius 2 is 0.733 bits per heavy atom. The first-order chi connectivity index (χ1) is 29.6. The number of fused-ring (bicyclic) bond motifs is 6. The summed E-state index contributed by atoms with van der Waals surface area (Å²) in [4.78, 5) is 2.96. The zero-order valence-corrected chi connectivity index (χ0v) is 38.1. The highest BCUT2D eigenvalue weighted by atomic mass is 16.5. The largest absolute Gasteiger partial charge is 0.490 e. The lowest BCUT2D eigenvalue weighted by molar-refractivity contribution is 0.259. The molecule has 0 spiro atoms. The fourth-order valence-corrected chi connectivity index (χ4v) is 7.67. The van der Waals surface area contributed by atoms with Gasteiger partial charge in [0.25, 0.3) is 0 Å². The van der Waals surface area contributed by atoms with Crippen LogP contribution in [0.2, 0.25) is 0 Å². The molecule has 4 rings (SSSR count). The summed E-state index contributed by atoms with van der Waals surface area (Å²) in [6.07, 6.45) is 23.0. The maximum Gasteiger partial charge on any atom is 0.169 e. The first-order valence-corrected chi connectivity index (χ1v) is 23.9. The number of azide groups is 1. The van der Waals surface area contributed by atoms with Crippen molar-refractivity contribution < 1.29 is 28.4 Å². The summed E-state index contributed by atoms with van der Waals surface area (Å²) >= 11 is 0. The maximum absolute atomic E-state index is 8.96. The van der Waals surface area contributed by atoms with Crippen molar-refractivity contribution in [3.8, 4) is 34.5 Å². The van der Waals surface area contributed by atoms with E-state index in [1.807, 2.05) is 0 Å². The highest BCUT2D eigenvalue weighted by Crippen LogP contribution is 2.49. The van der Waals surface area contributed by atoms with Gasteiger partial charge in [-0.2, -0.15) is 0 Å². The second-order valence-corrected chi connectivity index (χ2v) is 16.2. The molecule has 0 aromatic heterocycles. The Morgan fingerprint density at radius 3 is 1.13 bits per heavy atom. The molecule has 0 radical (unpaired) electrons. The van der Waals surface area contributed by atoms with E-state index in [1.165, 1.54) is 57.8 Å². The Balaban J connectivity index is 1.99. The molecule has 9 nitrogen and oxygen atoms in total. The van der Waals surface area contributed by atoms with Gasteiger partial charge in [0.2, 0.25) is 0 Å². The van der Waals surface area contributed by atoms with Crippen LogP contribution < -0.4 is 28.4 Å². The third-order valence-corrected chi connectivity index (χ3v) is 11.1. The lowest BCUT2D eigenvalue weighted by atomic mass is 9.92. The fraction of sp³-hybridized carbons (Fsp3) is 0.647. The smallest absolute Gasteiger partial charge is 0.169 e. The van der Waals surface area contributed by atoms with Crippen molar-refractivity contribution in [3.05, 3.63) is 46.8 Å². The number of benzene rings is 4. The van der Waals surface area contributed by atoms with Crippen molar-refractivity contribution in [1.29, 1.82) is 0 Å². The van der Waals surface area contributed by atoms with Crippen LogP contribution in [0.5, 0.6) is 34.5 Å². The van der Waals surface area contributed by atoms with Gasteiger partial charge >= 0.3 is 0 Å². The minimum Gasteiger partial charge on any atom is -0.490 e. The van der Waals surface area contributed by atoms with Crippen molar-refractivity contribution in [2.75, 3.05) is 46.2 Å². The molecule has 0 N–H and O–H groups in total. The van der Waals surface area contributed by atoms with E-state index < -0.39 is 0 Å². The average molecular weight is 828 g/mol. The highest BCUT2D eigenvalue weighted by molar-refractivity contribution is 6.28. The molecule has 4 aromatic carbocycles. The van der Waals surface area contributed by atoms with Gasteiger partial charge in [0, 0.05) is 16.8 Å². The summed E-state index contributed by atoms with van der Waals surface area (Å²) in [5.41, 5.74) is 8.96. The molecular weight excluding hydrogens is 751 g/mol. The van der Waals surface area contributed by atoms with Gasteiger partial charge in [-0.05, 0) is 107 Å². The molecule has 332 valence electrons. The molecule has 60 heavy (non-hydrogen) atoms. The molecule has 0 saturated carbocycles. The van der Waals surface area contributed by atoms with Gasteiger partial charge in [0.15, 0.2) is 34.5 Å². The van der Waals surface area contributed by atoms with Crippen molar-refractivity contribution in [1.82, 2.24) is 0 Å². The van der Waals surface area contributed by atoms with Crippen LogP contribution in [0.4, 0.5) is 0 Å². The number of hydrogen-bond donors (Lipinski definition) is 0. The number of unbranched alkanes of at least 4 members (excludes halogenated alkanes) is 15. The topological polar surface area (TPSA) is 104 Å². The lowest BCUT2D eigenvalue weighted by Crippen LogP contribution is -2.06. The molecule has 0 aliphatic rings. The minimum absolute atomic E-state index is 0.354. The van der Waals surface area contributed by atoms with Crippen molar-refractivity contribution >= 4 is 32.3 Å². The second kappa shape index (κ2) is 29.1. The summed E-state index contributed by atoms with van der Waals surface area (Å²) in [7, 11) is 0. The summed E-state index contributed by atoms with van der Waals surface area (Å²) in [6.45, 7) is 15.0. The van der Waals surface area contributed by atoms with Crippen LogP contribution >= 0.6 is 0 Å². The molecule has 0 aliphatic carbocycles. The van der Waals surface area contributed by atoms with Gasteiger partial charge in [-0.1, -0.05) is 136 Å². The number of nitrogens with zero attached hydrogens (tertiary/aromatic N) is 3. The normalized spacial score (nSPS) is 11.3. The maximum atomic E-state index is 8.96. The fourth-order valence-electron chi connectivity index (χ4n) is 7.67. The van der Waals surface area contributed by atoms with E-state index in [9.17, 15) is 0 Å². The van der Waals surface area contributed by atoms with Gasteiger partial charge in [0.1, 0.15) is 0 Å². The van der Waals surface area contributed by atoms with E-state index in [4.69, 9.17) is 34.0 Å². The molecular formula is C51H77N3O6. The Hall–Kier alpha value is -4.23. The zero-order valence-electron chi connectivity index (χ0n) is 38.1. The molecule has 0 saturated heterocycles. The van der Waals surface area contributed by atoms with E-state index in [1.54, 1.807) is 0 Å². The van der Waals surface area contributed by atoms with Crippen LogP contribution in [0, 0.1) is 0 Å². The summed E-state index contributed by atoms with van der Waals surface area (Å²) < 4.78 is 39.8. The van der Waals surface area contributed by atoms with Crippen molar-refractivity contribution in [2.45, 2.75) is 169 Å². The minimum atomic E-state index is 0.354. The average Bonchev–Trinajstić information content (AvgIpc) is 3.26. The third kappa shape index (κ3) is 15.3. The molecule has 0 amide bonds. The standard InChI is InChI=1S/C51H77N3O6/c1-6-11-16-21-30-55-45-28-27-40-41-36-46(56-31-22-17-12-7-2)47(57-32-23-18-13-8-3)37-42(41)43-38-48(58-33-24-19-14-9-4)49(59-34-25-20-15-10-5)39-44(43)50(40)51(45)60-35-26-29-53-54-52/h27-28,36-39H,6-26,29-35H2,1-5H3. The van der Waals surface area contributed by atoms with Crippen LogP contribution in [-0.4, -0.2) is 46.2 Å². The van der Waals surface area contributed by atoms with E-state index >= 15 is 0 Å².